The highest BCUT2D eigenvalue weighted by Crippen LogP contribution is 2.36. The van der Waals surface area contributed by atoms with Crippen LogP contribution < -0.4 is 10.3 Å². The molecular formula is C30H31ClN6O4. The van der Waals surface area contributed by atoms with Gasteiger partial charge in [0.2, 0.25) is 0 Å². The van der Waals surface area contributed by atoms with Gasteiger partial charge in [0.25, 0.3) is 5.56 Å². The minimum absolute atomic E-state index is 0.00142. The Morgan fingerprint density at radius 1 is 1.10 bits per heavy atom. The number of aryl methyl sites for hydroxylation is 1. The Hall–Kier alpha value is -3.89. The lowest BCUT2D eigenvalue weighted by Gasteiger charge is -2.33. The largest absolute Gasteiger partial charge is 0.490 e. The number of carbonyl (C=O) groups is 1. The van der Waals surface area contributed by atoms with Crippen molar-refractivity contribution < 1.29 is 14.3 Å². The molecule has 0 saturated carbocycles. The average molecular weight is 575 g/mol. The molecule has 7 rings (SSSR count). The summed E-state index contributed by atoms with van der Waals surface area (Å²) in [6, 6.07) is 11.2. The van der Waals surface area contributed by atoms with Crippen molar-refractivity contribution in [3.63, 3.8) is 0 Å². The number of aromatic nitrogens is 4. The van der Waals surface area contributed by atoms with Gasteiger partial charge in [0.05, 0.1) is 35.7 Å². The predicted molar refractivity (Wildman–Crippen MR) is 154 cm³/mol. The molecule has 4 aromatic rings. The maximum Gasteiger partial charge on any atom is 0.410 e. The van der Waals surface area contributed by atoms with Gasteiger partial charge >= 0.3 is 6.09 Å². The van der Waals surface area contributed by atoms with Crippen LogP contribution in [0.1, 0.15) is 30.1 Å². The zero-order valence-electron chi connectivity index (χ0n) is 23.0. The first-order valence-electron chi connectivity index (χ1n) is 14.0. The highest BCUT2D eigenvalue weighted by Gasteiger charge is 2.39. The van der Waals surface area contributed by atoms with Crippen molar-refractivity contribution in [2.45, 2.75) is 51.5 Å². The highest BCUT2D eigenvalue weighted by molar-refractivity contribution is 6.30. The number of cyclic esters (lactones) is 1. The van der Waals surface area contributed by atoms with E-state index in [0.717, 1.165) is 42.3 Å². The summed E-state index contributed by atoms with van der Waals surface area (Å²) in [6.07, 6.45) is 3.04. The topological polar surface area (TPSA) is 94.7 Å². The number of halogens is 1. The zero-order valence-corrected chi connectivity index (χ0v) is 23.8. The Bertz CT molecular complexity index is 1710. The number of imidazole rings is 1. The maximum absolute atomic E-state index is 13.8. The second kappa shape index (κ2) is 10.2. The molecule has 0 unspecified atom stereocenters. The molecule has 2 saturated heterocycles. The Morgan fingerprint density at radius 3 is 2.76 bits per heavy atom. The van der Waals surface area contributed by atoms with Crippen molar-refractivity contribution >= 4 is 28.6 Å². The molecule has 3 aliphatic rings. The lowest BCUT2D eigenvalue weighted by Crippen LogP contribution is -2.44. The summed E-state index contributed by atoms with van der Waals surface area (Å²) in [7, 11) is 2.09. The number of amides is 1. The molecule has 0 radical (unpaired) electrons. The van der Waals surface area contributed by atoms with Gasteiger partial charge in [0, 0.05) is 49.3 Å². The van der Waals surface area contributed by atoms with Gasteiger partial charge in [0.15, 0.2) is 0 Å². The van der Waals surface area contributed by atoms with E-state index >= 15 is 0 Å². The Kier molecular flexibility index (Phi) is 6.47. The third kappa shape index (κ3) is 4.85. The zero-order chi connectivity index (χ0) is 28.2. The van der Waals surface area contributed by atoms with Gasteiger partial charge in [-0.1, -0.05) is 23.7 Å². The normalized spacial score (nSPS) is 20.7. The third-order valence-corrected chi connectivity index (χ3v) is 8.62. The summed E-state index contributed by atoms with van der Waals surface area (Å²) in [4.78, 5) is 39.7. The number of ether oxygens (including phenoxy) is 2. The fourth-order valence-corrected chi connectivity index (χ4v) is 6.19. The first-order chi connectivity index (χ1) is 19.8. The summed E-state index contributed by atoms with van der Waals surface area (Å²) < 4.78 is 15.8. The van der Waals surface area contributed by atoms with Crippen molar-refractivity contribution in [2.24, 2.45) is 0 Å². The van der Waals surface area contributed by atoms with Crippen molar-refractivity contribution in [1.29, 1.82) is 0 Å². The number of nitrogens with zero attached hydrogens (tertiary/aromatic N) is 6. The summed E-state index contributed by atoms with van der Waals surface area (Å²) in [5.41, 5.74) is 3.05. The van der Waals surface area contributed by atoms with Gasteiger partial charge < -0.3 is 18.9 Å². The van der Waals surface area contributed by atoms with E-state index in [0.29, 0.717) is 60.0 Å². The van der Waals surface area contributed by atoms with E-state index in [2.05, 4.69) is 22.7 Å². The maximum atomic E-state index is 13.8. The van der Waals surface area contributed by atoms with Gasteiger partial charge in [-0.15, -0.1) is 0 Å². The molecule has 0 N–H and O–H groups in total. The first kappa shape index (κ1) is 26.0. The first-order valence-corrected chi connectivity index (χ1v) is 14.3. The Labute approximate surface area is 242 Å². The summed E-state index contributed by atoms with van der Waals surface area (Å²) in [6.45, 7) is 5.79. The molecule has 10 nitrogen and oxygen atoms in total. The van der Waals surface area contributed by atoms with Crippen LogP contribution in [0, 0.1) is 6.92 Å². The molecule has 0 spiro atoms. The number of benzene rings is 2. The van der Waals surface area contributed by atoms with E-state index < -0.39 is 0 Å². The van der Waals surface area contributed by atoms with E-state index in [4.69, 9.17) is 31.0 Å². The Morgan fingerprint density at radius 2 is 1.93 bits per heavy atom. The van der Waals surface area contributed by atoms with Crippen LogP contribution in [-0.4, -0.2) is 73.9 Å². The van der Waals surface area contributed by atoms with Gasteiger partial charge in [-0.25, -0.2) is 14.8 Å². The van der Waals surface area contributed by atoms with Crippen LogP contribution >= 0.6 is 11.6 Å². The van der Waals surface area contributed by atoms with Crippen molar-refractivity contribution in [3.05, 3.63) is 75.2 Å². The van der Waals surface area contributed by atoms with E-state index in [9.17, 15) is 9.59 Å². The number of fused-ring (bicyclic) bond motifs is 3. The molecule has 0 bridgehead atoms. The second-order valence-corrected chi connectivity index (χ2v) is 11.6. The number of rotatable bonds is 5. The number of carbonyl (C=O) groups excluding carboxylic acids is 1. The van der Waals surface area contributed by atoms with Crippen LogP contribution in [0.3, 0.4) is 0 Å². The van der Waals surface area contributed by atoms with Crippen molar-refractivity contribution in [2.75, 3.05) is 26.7 Å². The standard InChI is InChI=1S/C30H31ClN6O4/c1-18-32-25-12-23(26-15-35-10-9-34(2)16-28(35)33-26)27(41-22-7-8-36-21(11-22)17-40-30(36)39)13-24(25)29(38)37(18)14-19-3-5-20(31)6-4-19/h3-6,12-13,15,21-22H,7-11,14,16-17H2,1-2H3/t21-,22-/m0/s1. The minimum atomic E-state index is -0.254. The molecule has 1 amide bonds. The molecular weight excluding hydrogens is 544 g/mol. The minimum Gasteiger partial charge on any atom is -0.490 e. The van der Waals surface area contributed by atoms with Crippen molar-refractivity contribution in [3.8, 4) is 17.0 Å². The molecule has 2 fully saturated rings. The van der Waals surface area contributed by atoms with E-state index in [1.807, 2.05) is 43.3 Å². The predicted octanol–water partition coefficient (Wildman–Crippen LogP) is 4.08. The number of piperidine rings is 1. The van der Waals surface area contributed by atoms with Gasteiger partial charge in [-0.3, -0.25) is 14.3 Å². The SMILES string of the molecule is Cc1nc2cc(-c3cn4c(n3)CN(C)CC4)c(O[C@H]3CCN4C(=O)OC[C@@H]4C3)cc2c(=O)n1Cc1ccc(Cl)cc1. The fraction of sp³-hybridized carbons (Fsp3) is 0.400. The molecule has 2 aromatic heterocycles. The van der Waals surface area contributed by atoms with E-state index in [-0.39, 0.29) is 23.8 Å². The third-order valence-electron chi connectivity index (χ3n) is 8.36. The molecule has 41 heavy (non-hydrogen) atoms. The fourth-order valence-electron chi connectivity index (χ4n) is 6.07. The summed E-state index contributed by atoms with van der Waals surface area (Å²) in [5.74, 6) is 2.23. The van der Waals surface area contributed by atoms with Crippen LogP contribution in [0.25, 0.3) is 22.2 Å². The molecule has 2 aromatic carbocycles. The van der Waals surface area contributed by atoms with Gasteiger partial charge in [-0.2, -0.15) is 0 Å². The molecule has 212 valence electrons. The Balaban J connectivity index is 1.30. The molecule has 3 aliphatic heterocycles. The highest BCUT2D eigenvalue weighted by atomic mass is 35.5. The summed E-state index contributed by atoms with van der Waals surface area (Å²) >= 11 is 6.07. The van der Waals surface area contributed by atoms with Gasteiger partial charge in [-0.05, 0) is 43.8 Å². The van der Waals surface area contributed by atoms with Gasteiger partial charge in [0.1, 0.15) is 30.1 Å². The lowest BCUT2D eigenvalue weighted by molar-refractivity contribution is 0.0941. The molecule has 11 heteroatoms. The van der Waals surface area contributed by atoms with E-state index in [1.54, 1.807) is 9.47 Å². The van der Waals surface area contributed by atoms with Crippen molar-refractivity contribution in [1.82, 2.24) is 28.9 Å². The van der Waals surface area contributed by atoms with Crippen LogP contribution in [0.2, 0.25) is 5.02 Å². The van der Waals surface area contributed by atoms with Crippen LogP contribution in [0.15, 0.2) is 47.4 Å². The molecule has 0 aliphatic carbocycles. The monoisotopic (exact) mass is 574 g/mol. The molecule has 2 atom stereocenters. The van der Waals surface area contributed by atoms with Crippen LogP contribution in [0.5, 0.6) is 5.75 Å². The number of hydrogen-bond acceptors (Lipinski definition) is 7. The number of likely N-dealkylation sites (N-methyl/N-ethyl adjacent to an activating group) is 1. The quantitative estimate of drug-likeness (QED) is 0.354. The van der Waals surface area contributed by atoms with Crippen LogP contribution in [-0.2, 0) is 24.4 Å². The average Bonchev–Trinajstić information content (AvgIpc) is 3.55. The van der Waals surface area contributed by atoms with Crippen LogP contribution in [0.4, 0.5) is 4.79 Å². The smallest absolute Gasteiger partial charge is 0.410 e. The lowest BCUT2D eigenvalue weighted by atomic mass is 10.0. The summed E-state index contributed by atoms with van der Waals surface area (Å²) in [5, 5.41) is 1.14. The molecule has 5 heterocycles. The second-order valence-electron chi connectivity index (χ2n) is 11.2. The number of hydrogen-bond donors (Lipinski definition) is 0. The van der Waals surface area contributed by atoms with E-state index in [1.165, 1.54) is 0 Å².